The highest BCUT2D eigenvalue weighted by Gasteiger charge is 2.08. The topological polar surface area (TPSA) is 34.4 Å². The van der Waals surface area contributed by atoms with Crippen molar-refractivity contribution >= 4 is 11.4 Å². The second-order valence-electron chi connectivity index (χ2n) is 3.02. The van der Waals surface area contributed by atoms with Gasteiger partial charge in [0.05, 0.1) is 0 Å². The van der Waals surface area contributed by atoms with Gasteiger partial charge >= 0.3 is 0 Å². The number of imidazole rings is 1. The molecule has 0 N–H and O–H groups in total. The number of fused-ring (bicyclic) bond motifs is 1. The number of aromatic nitrogens is 2. The van der Waals surface area contributed by atoms with Crippen molar-refractivity contribution in [3.63, 3.8) is 0 Å². The molecule has 14 heavy (non-hydrogen) atoms. The van der Waals surface area contributed by atoms with Crippen LogP contribution < -0.4 is 0 Å². The fourth-order valence-corrected chi connectivity index (χ4v) is 1.28. The minimum atomic E-state index is -0.342. The van der Waals surface area contributed by atoms with Gasteiger partial charge in [0.1, 0.15) is 17.2 Å². The molecule has 0 aromatic carbocycles. The molecule has 2 aromatic rings. The van der Waals surface area contributed by atoms with Gasteiger partial charge in [-0.1, -0.05) is 6.92 Å². The number of hydrogen-bond acceptors (Lipinski definition) is 2. The molecule has 72 valence electrons. The number of halogens is 1. The maximum Gasteiger partial charge on any atom is 0.182 e. The highest BCUT2D eigenvalue weighted by atomic mass is 19.1. The molecule has 0 bridgehead atoms. The van der Waals surface area contributed by atoms with Gasteiger partial charge in [-0.05, 0) is 12.1 Å². The first kappa shape index (κ1) is 8.87. The Balaban J connectivity index is 2.56. The third kappa shape index (κ3) is 1.39. The summed E-state index contributed by atoms with van der Waals surface area (Å²) >= 11 is 0. The van der Waals surface area contributed by atoms with Gasteiger partial charge in [0.25, 0.3) is 0 Å². The number of rotatable bonds is 2. The zero-order valence-corrected chi connectivity index (χ0v) is 7.70. The summed E-state index contributed by atoms with van der Waals surface area (Å²) in [5.74, 6) is -0.375. The molecule has 0 fully saturated rings. The van der Waals surface area contributed by atoms with Crippen molar-refractivity contribution in [2.45, 2.75) is 13.3 Å². The molecule has 2 heterocycles. The van der Waals surface area contributed by atoms with Crippen LogP contribution in [0.5, 0.6) is 0 Å². The van der Waals surface area contributed by atoms with Crippen LogP contribution in [-0.2, 0) is 0 Å². The fraction of sp³-hybridized carbons (Fsp3) is 0.200. The van der Waals surface area contributed by atoms with Gasteiger partial charge in [-0.2, -0.15) is 0 Å². The standard InChI is InChI=1S/C10H9FN2O/c1-2-9(14)8-6-13-5-7(11)3-4-10(13)12-8/h3-6H,2H2,1H3. The molecule has 0 aliphatic carbocycles. The minimum absolute atomic E-state index is 0.0332. The van der Waals surface area contributed by atoms with E-state index in [0.29, 0.717) is 17.8 Å². The van der Waals surface area contributed by atoms with Crippen LogP contribution in [0, 0.1) is 5.82 Å². The van der Waals surface area contributed by atoms with Crippen molar-refractivity contribution in [1.29, 1.82) is 0 Å². The molecule has 0 unspecified atom stereocenters. The molecular formula is C10H9FN2O. The van der Waals surface area contributed by atoms with Crippen molar-refractivity contribution in [3.05, 3.63) is 36.0 Å². The Labute approximate surface area is 80.2 Å². The summed E-state index contributed by atoms with van der Waals surface area (Å²) in [4.78, 5) is 15.4. The van der Waals surface area contributed by atoms with E-state index in [-0.39, 0.29) is 11.6 Å². The van der Waals surface area contributed by atoms with E-state index in [1.54, 1.807) is 19.2 Å². The Morgan fingerprint density at radius 2 is 2.29 bits per heavy atom. The van der Waals surface area contributed by atoms with E-state index >= 15 is 0 Å². The van der Waals surface area contributed by atoms with Crippen molar-refractivity contribution in [3.8, 4) is 0 Å². The zero-order chi connectivity index (χ0) is 10.1. The zero-order valence-electron chi connectivity index (χ0n) is 7.70. The van der Waals surface area contributed by atoms with E-state index in [9.17, 15) is 9.18 Å². The minimum Gasteiger partial charge on any atom is -0.303 e. The van der Waals surface area contributed by atoms with Crippen molar-refractivity contribution in [1.82, 2.24) is 9.38 Å². The number of carbonyl (C=O) groups excluding carboxylic acids is 1. The van der Waals surface area contributed by atoms with Crippen molar-refractivity contribution in [2.24, 2.45) is 0 Å². The van der Waals surface area contributed by atoms with Gasteiger partial charge in [-0.25, -0.2) is 9.37 Å². The molecule has 0 aliphatic heterocycles. The summed E-state index contributed by atoms with van der Waals surface area (Å²) < 4.78 is 14.3. The summed E-state index contributed by atoms with van der Waals surface area (Å²) in [6, 6.07) is 2.87. The van der Waals surface area contributed by atoms with Crippen molar-refractivity contribution in [2.75, 3.05) is 0 Å². The first-order chi connectivity index (χ1) is 6.70. The molecule has 4 heteroatoms. The molecule has 0 atom stereocenters. The van der Waals surface area contributed by atoms with Crippen LogP contribution in [0.4, 0.5) is 4.39 Å². The predicted molar refractivity (Wildman–Crippen MR) is 49.8 cm³/mol. The van der Waals surface area contributed by atoms with Gasteiger partial charge in [0.2, 0.25) is 0 Å². The van der Waals surface area contributed by atoms with Crippen LogP contribution in [0.1, 0.15) is 23.8 Å². The molecular weight excluding hydrogens is 183 g/mol. The first-order valence-corrected chi connectivity index (χ1v) is 4.38. The lowest BCUT2D eigenvalue weighted by Gasteiger charge is -1.90. The van der Waals surface area contributed by atoms with E-state index in [2.05, 4.69) is 4.98 Å². The highest BCUT2D eigenvalue weighted by Crippen LogP contribution is 2.08. The Morgan fingerprint density at radius 3 is 3.00 bits per heavy atom. The van der Waals surface area contributed by atoms with Gasteiger partial charge in [-0.15, -0.1) is 0 Å². The lowest BCUT2D eigenvalue weighted by atomic mass is 10.2. The lowest BCUT2D eigenvalue weighted by molar-refractivity contribution is 0.0984. The average Bonchev–Trinajstić information content (AvgIpc) is 2.59. The first-order valence-electron chi connectivity index (χ1n) is 4.38. The number of carbonyl (C=O) groups is 1. The van der Waals surface area contributed by atoms with Crippen LogP contribution >= 0.6 is 0 Å². The highest BCUT2D eigenvalue weighted by molar-refractivity contribution is 5.94. The van der Waals surface area contributed by atoms with E-state index in [1.165, 1.54) is 16.7 Å². The van der Waals surface area contributed by atoms with Gasteiger partial charge in [-0.3, -0.25) is 4.79 Å². The average molecular weight is 192 g/mol. The van der Waals surface area contributed by atoms with Crippen molar-refractivity contribution < 1.29 is 9.18 Å². The Kier molecular flexibility index (Phi) is 2.04. The molecule has 3 nitrogen and oxygen atoms in total. The van der Waals surface area contributed by atoms with Crippen LogP contribution in [0.15, 0.2) is 24.5 Å². The quantitative estimate of drug-likeness (QED) is 0.682. The summed E-state index contributed by atoms with van der Waals surface area (Å²) in [5.41, 5.74) is 0.973. The molecule has 0 amide bonds. The Bertz CT molecular complexity index is 490. The molecule has 0 radical (unpaired) electrons. The van der Waals surface area contributed by atoms with Gasteiger partial charge in [0, 0.05) is 18.8 Å². The largest absolute Gasteiger partial charge is 0.303 e. The van der Waals surface area contributed by atoms with Crippen LogP contribution in [0.2, 0.25) is 0 Å². The second-order valence-corrected chi connectivity index (χ2v) is 3.02. The molecule has 0 saturated carbocycles. The molecule has 0 aliphatic rings. The summed E-state index contributed by atoms with van der Waals surface area (Å²) in [6.45, 7) is 1.77. The van der Waals surface area contributed by atoms with Crippen LogP contribution in [-0.4, -0.2) is 15.2 Å². The molecule has 2 aromatic heterocycles. The summed E-state index contributed by atoms with van der Waals surface area (Å²) in [7, 11) is 0. The third-order valence-electron chi connectivity index (χ3n) is 2.02. The van der Waals surface area contributed by atoms with Gasteiger partial charge < -0.3 is 4.40 Å². The number of nitrogens with zero attached hydrogens (tertiary/aromatic N) is 2. The van der Waals surface area contributed by atoms with Crippen LogP contribution in [0.3, 0.4) is 0 Å². The van der Waals surface area contributed by atoms with Gasteiger partial charge in [0.15, 0.2) is 5.78 Å². The third-order valence-corrected chi connectivity index (χ3v) is 2.02. The molecule has 0 spiro atoms. The van der Waals surface area contributed by atoms with E-state index in [4.69, 9.17) is 0 Å². The fourth-order valence-electron chi connectivity index (χ4n) is 1.28. The van der Waals surface area contributed by atoms with E-state index < -0.39 is 0 Å². The maximum absolute atomic E-state index is 12.8. The van der Waals surface area contributed by atoms with Crippen LogP contribution in [0.25, 0.3) is 5.65 Å². The summed E-state index contributed by atoms with van der Waals surface area (Å²) in [5, 5.41) is 0. The monoisotopic (exact) mass is 192 g/mol. The summed E-state index contributed by atoms with van der Waals surface area (Å²) in [6.07, 6.45) is 3.26. The number of ketones is 1. The van der Waals surface area contributed by atoms with E-state index in [0.717, 1.165) is 0 Å². The lowest BCUT2D eigenvalue weighted by Crippen LogP contribution is -1.95. The second kappa shape index (κ2) is 3.21. The Morgan fingerprint density at radius 1 is 1.50 bits per heavy atom. The normalized spacial score (nSPS) is 10.7. The maximum atomic E-state index is 12.8. The number of Topliss-reactive ketones (excluding diaryl/α,β-unsaturated/α-hetero) is 1. The Hall–Kier alpha value is -1.71. The molecule has 2 rings (SSSR count). The SMILES string of the molecule is CCC(=O)c1cn2cc(F)ccc2n1. The number of hydrogen-bond donors (Lipinski definition) is 0. The predicted octanol–water partition coefficient (Wildman–Crippen LogP) is 2.07. The molecule has 0 saturated heterocycles. The smallest absolute Gasteiger partial charge is 0.182 e. The van der Waals surface area contributed by atoms with E-state index in [1.807, 2.05) is 0 Å². The number of pyridine rings is 1.